The van der Waals surface area contributed by atoms with Gasteiger partial charge in [0.2, 0.25) is 5.91 Å². The second kappa shape index (κ2) is 20.8. The molecule has 6 bridgehead atoms. The van der Waals surface area contributed by atoms with Crippen molar-refractivity contribution in [3.8, 4) is 22.5 Å². The molecule has 9 heterocycles. The van der Waals surface area contributed by atoms with Crippen LogP contribution < -0.4 is 15.6 Å². The molecule has 2 saturated carbocycles. The van der Waals surface area contributed by atoms with Gasteiger partial charge in [0.05, 0.1) is 70.9 Å². The Morgan fingerprint density at radius 3 is 2.45 bits per heavy atom. The number of piperazine rings is 1. The molecule has 5 saturated heterocycles. The number of amides is 2. The Kier molecular flexibility index (Phi) is 14.4. The third-order valence-electron chi connectivity index (χ3n) is 18.6. The van der Waals surface area contributed by atoms with Gasteiger partial charge in [0.15, 0.2) is 9.84 Å². The molecule has 8 aliphatic rings. The molecule has 4 aromatic rings. The number of hydrogen-bond acceptors (Lipinski definition) is 16. The lowest BCUT2D eigenvalue weighted by Gasteiger charge is -2.57. The van der Waals surface area contributed by atoms with E-state index in [0.29, 0.717) is 75.3 Å². The lowest BCUT2D eigenvalue weighted by Crippen LogP contribution is -2.74. The number of sulfone groups is 1. The standard InChI is InChI=1S/C57H77N9O9S2/c1-34-35(2)47(34)52(67)60-49-51(64-31-57(32-64)15-25-77(57,70)71)53-59-45(30-76-53)37-9-12-46-41(26-37)43(28-56(4,5)33-75-55(69)44-8-7-16-66(61-44)54(49)68)50(65(46)21-24-74-40-13-22-73-23-14-40)42-27-39(29-58-48(42)36(3)72-6)63-19-17-62(18-20-63)38-10-11-38/h9,12,26-27,29-30,34-36,38,40,44,47,49,51,61H,7-8,10-11,13-25,28,31-33H2,1-6H3,(H,60,67)/t34-,35+,36-,44-,47?,49-,51-/m0/s1. The Morgan fingerprint density at radius 1 is 1.00 bits per heavy atom. The third-order valence-corrected chi connectivity index (χ3v) is 22.0. The van der Waals surface area contributed by atoms with Crippen molar-refractivity contribution in [1.82, 2.24) is 40.1 Å². The van der Waals surface area contributed by atoms with Crippen LogP contribution in [0, 0.1) is 23.2 Å². The summed E-state index contributed by atoms with van der Waals surface area (Å²) in [5.74, 6) is -0.904. The highest BCUT2D eigenvalue weighted by Gasteiger charge is 2.62. The van der Waals surface area contributed by atoms with Gasteiger partial charge in [-0.1, -0.05) is 33.8 Å². The molecule has 2 N–H and O–H groups in total. The number of anilines is 1. The highest BCUT2D eigenvalue weighted by Crippen LogP contribution is 2.49. The third kappa shape index (κ3) is 10.1. The molecule has 77 heavy (non-hydrogen) atoms. The lowest BCUT2D eigenvalue weighted by atomic mass is 9.84. The molecule has 18 nitrogen and oxygen atoms in total. The predicted molar refractivity (Wildman–Crippen MR) is 294 cm³/mol. The topological polar surface area (TPSA) is 190 Å². The zero-order valence-corrected chi connectivity index (χ0v) is 47.3. The van der Waals surface area contributed by atoms with Gasteiger partial charge in [-0.3, -0.25) is 34.2 Å². The molecule has 0 radical (unpaired) electrons. The number of aromatic nitrogens is 3. The number of carbonyl (C=O) groups is 3. The van der Waals surface area contributed by atoms with Crippen LogP contribution in [0.15, 0.2) is 35.8 Å². The van der Waals surface area contributed by atoms with Gasteiger partial charge >= 0.3 is 5.97 Å². The molecule has 1 unspecified atom stereocenters. The van der Waals surface area contributed by atoms with E-state index in [0.717, 1.165) is 83.7 Å². The first kappa shape index (κ1) is 53.1. The normalized spacial score (nSPS) is 29.1. The average molecular weight is 1100 g/mol. The second-order valence-electron chi connectivity index (χ2n) is 24.3. The second-order valence-corrected chi connectivity index (χ2v) is 27.7. The summed E-state index contributed by atoms with van der Waals surface area (Å²) >= 11 is 1.41. The molecule has 7 atom stereocenters. The summed E-state index contributed by atoms with van der Waals surface area (Å²) in [6, 6.07) is 6.79. The fraction of sp³-hybridized carbons (Fsp3) is 0.667. The Morgan fingerprint density at radius 2 is 1.77 bits per heavy atom. The van der Waals surface area contributed by atoms with Gasteiger partial charge in [0.1, 0.15) is 17.1 Å². The van der Waals surface area contributed by atoms with E-state index >= 15 is 4.79 Å². The fourth-order valence-corrected chi connectivity index (χ4v) is 16.1. The van der Waals surface area contributed by atoms with E-state index < -0.39 is 50.0 Å². The Bertz CT molecular complexity index is 3000. The van der Waals surface area contributed by atoms with Crippen molar-refractivity contribution >= 4 is 55.5 Å². The van der Waals surface area contributed by atoms with Gasteiger partial charge in [-0.15, -0.1) is 11.3 Å². The van der Waals surface area contributed by atoms with Crippen molar-refractivity contribution < 1.29 is 41.7 Å². The van der Waals surface area contributed by atoms with Crippen LogP contribution in [-0.4, -0.2) is 170 Å². The van der Waals surface area contributed by atoms with E-state index in [4.69, 9.17) is 28.9 Å². The number of benzene rings is 1. The minimum atomic E-state index is -3.32. The maximum absolute atomic E-state index is 15.2. The van der Waals surface area contributed by atoms with Crippen molar-refractivity contribution in [1.29, 1.82) is 0 Å². The lowest BCUT2D eigenvalue weighted by molar-refractivity contribution is -0.156. The maximum atomic E-state index is 15.2. The van der Waals surface area contributed by atoms with Gasteiger partial charge in [-0.05, 0) is 93.9 Å². The molecule has 6 aliphatic heterocycles. The minimum Gasteiger partial charge on any atom is -0.464 e. The van der Waals surface area contributed by atoms with Crippen molar-refractivity contribution in [2.45, 2.75) is 134 Å². The van der Waals surface area contributed by atoms with E-state index in [1.165, 1.54) is 29.2 Å². The highest BCUT2D eigenvalue weighted by molar-refractivity contribution is 7.94. The number of fused-ring (bicyclic) bond motifs is 6. The van der Waals surface area contributed by atoms with Gasteiger partial charge < -0.3 is 33.7 Å². The molecule has 20 heteroatoms. The van der Waals surface area contributed by atoms with Crippen LogP contribution in [0.1, 0.15) is 108 Å². The first-order chi connectivity index (χ1) is 37.0. The van der Waals surface area contributed by atoms with Crippen molar-refractivity contribution in [3.05, 3.63) is 52.1 Å². The van der Waals surface area contributed by atoms with E-state index in [1.807, 2.05) is 37.2 Å². The Labute approximate surface area is 456 Å². The van der Waals surface area contributed by atoms with Gasteiger partial charge in [-0.2, -0.15) is 0 Å². The predicted octanol–water partition coefficient (Wildman–Crippen LogP) is 5.94. The summed E-state index contributed by atoms with van der Waals surface area (Å²) in [5.41, 5.74) is 10.2. The number of likely N-dealkylation sites (tertiary alicyclic amines) is 1. The largest absolute Gasteiger partial charge is 0.464 e. The van der Waals surface area contributed by atoms with Crippen molar-refractivity contribution in [2.24, 2.45) is 23.2 Å². The Hall–Kier alpha value is -4.54. The summed E-state index contributed by atoms with van der Waals surface area (Å²) in [6.45, 7) is 17.5. The van der Waals surface area contributed by atoms with Crippen LogP contribution in [0.3, 0.4) is 0 Å². The molecule has 7 fully saturated rings. The molecule has 12 rings (SSSR count). The summed E-state index contributed by atoms with van der Waals surface area (Å²) < 4.78 is 53.0. The zero-order chi connectivity index (χ0) is 53.5. The number of ether oxygens (including phenoxy) is 4. The van der Waals surface area contributed by atoms with Crippen molar-refractivity contribution in [2.75, 3.05) is 90.0 Å². The van der Waals surface area contributed by atoms with Crippen LogP contribution in [0.25, 0.3) is 33.4 Å². The number of hydrogen-bond donors (Lipinski definition) is 2. The number of rotatable bonds is 12. The number of nitrogens with one attached hydrogen (secondary N) is 2. The van der Waals surface area contributed by atoms with E-state index in [-0.39, 0.29) is 61.3 Å². The maximum Gasteiger partial charge on any atom is 0.324 e. The summed E-state index contributed by atoms with van der Waals surface area (Å²) in [4.78, 5) is 61.6. The van der Waals surface area contributed by atoms with Crippen LogP contribution >= 0.6 is 11.3 Å². The van der Waals surface area contributed by atoms with Gasteiger partial charge in [-0.25, -0.2) is 18.8 Å². The number of hydrazine groups is 1. The first-order valence-electron chi connectivity index (χ1n) is 28.4. The molecule has 1 aromatic carbocycles. The number of cyclic esters (lactones) is 1. The van der Waals surface area contributed by atoms with Crippen LogP contribution in [0.5, 0.6) is 0 Å². The molecular formula is C57H77N9O9S2. The van der Waals surface area contributed by atoms with E-state index in [2.05, 4.69) is 63.2 Å². The van der Waals surface area contributed by atoms with Crippen LogP contribution in [-0.2, 0) is 56.1 Å². The minimum absolute atomic E-state index is 0.102. The van der Waals surface area contributed by atoms with E-state index in [9.17, 15) is 18.0 Å². The molecular weight excluding hydrogens is 1020 g/mol. The van der Waals surface area contributed by atoms with Crippen LogP contribution in [0.4, 0.5) is 5.69 Å². The summed E-state index contributed by atoms with van der Waals surface area (Å²) in [7, 11) is -1.59. The number of nitrogens with zero attached hydrogens (tertiary/aromatic N) is 7. The number of esters is 1. The monoisotopic (exact) mass is 1100 g/mol. The highest BCUT2D eigenvalue weighted by atomic mass is 32.2. The average Bonchev–Trinajstić information content (AvgIpc) is 4.41. The smallest absolute Gasteiger partial charge is 0.324 e. The SMILES string of the molecule is CO[C@@H](C)c1ncc(N2CCN(C3CC3)CC2)cc1-c1c2c3cc(ccc3n1CCOC1CCOCC1)-c1csc(n1)[C@@H](N1CC3(CCS3(=O)=O)C1)[C@H](NC(=O)C1[C@@H](C)[C@H]1C)C(=O)N1CCC[C@H](N1)C(=O)OCC(C)(C)C2. The number of thiazole rings is 1. The molecule has 2 aliphatic carbocycles. The first-order valence-corrected chi connectivity index (χ1v) is 30.9. The zero-order valence-electron chi connectivity index (χ0n) is 45.6. The van der Waals surface area contributed by atoms with Gasteiger partial charge in [0, 0.05) is 117 Å². The van der Waals surface area contributed by atoms with Crippen LogP contribution in [0.2, 0.25) is 0 Å². The van der Waals surface area contributed by atoms with E-state index in [1.54, 1.807) is 7.11 Å². The quantitative estimate of drug-likeness (QED) is 0.159. The number of carbonyl (C=O) groups excluding carboxylic acids is 3. The molecule has 416 valence electrons. The fourth-order valence-electron chi connectivity index (χ4n) is 13.2. The number of methoxy groups -OCH3 is 1. The van der Waals surface area contributed by atoms with Gasteiger partial charge in [0.25, 0.3) is 5.91 Å². The number of pyridine rings is 1. The summed E-state index contributed by atoms with van der Waals surface area (Å²) in [6.07, 6.45) is 8.10. The summed E-state index contributed by atoms with van der Waals surface area (Å²) in [5, 5.41) is 8.31. The van der Waals surface area contributed by atoms with Crippen molar-refractivity contribution in [3.63, 3.8) is 0 Å². The molecule has 2 amide bonds. The molecule has 1 spiro atoms. The Balaban J connectivity index is 1.01. The molecule has 3 aromatic heterocycles.